The minimum Gasteiger partial charge on any atom is -0.371 e. The number of aryl methyl sites for hydroxylation is 1. The number of rotatable bonds is 3. The van der Waals surface area contributed by atoms with Crippen molar-refractivity contribution < 1.29 is 22.4 Å². The number of Topliss-reactive ketones (excluding diaryl/α,β-unsaturated/α-hetero) is 1. The number of nitrogens with zero attached hydrogens (tertiary/aromatic N) is 2. The fourth-order valence-electron chi connectivity index (χ4n) is 3.95. The van der Waals surface area contributed by atoms with Crippen LogP contribution in [0, 0.1) is 36.1 Å². The number of ketones is 1. The highest BCUT2D eigenvalue weighted by atomic mass is 19.1. The predicted molar refractivity (Wildman–Crippen MR) is 102 cm³/mol. The molecule has 29 heavy (non-hydrogen) atoms. The predicted octanol–water partition coefficient (Wildman–Crippen LogP) is 5.20. The first-order chi connectivity index (χ1) is 13.8. The number of anilines is 1. The fraction of sp³-hybridized carbons (Fsp3) is 0.273. The summed E-state index contributed by atoms with van der Waals surface area (Å²) in [6.45, 7) is 2.72. The summed E-state index contributed by atoms with van der Waals surface area (Å²) in [6.07, 6.45) is 0.764. The lowest BCUT2D eigenvalue weighted by Gasteiger charge is -2.34. The zero-order chi connectivity index (χ0) is 20.7. The maximum absolute atomic E-state index is 14.1. The Bertz CT molecular complexity index is 1080. The first kappa shape index (κ1) is 19.4. The van der Waals surface area contributed by atoms with Crippen LogP contribution >= 0.6 is 0 Å². The highest BCUT2D eigenvalue weighted by molar-refractivity contribution is 5.98. The van der Waals surface area contributed by atoms with E-state index in [0.717, 1.165) is 5.69 Å². The highest BCUT2D eigenvalue weighted by Crippen LogP contribution is 2.32. The molecule has 3 nitrogen and oxygen atoms in total. The van der Waals surface area contributed by atoms with Gasteiger partial charge in [-0.1, -0.05) is 12.1 Å². The number of halogens is 4. The molecular weight excluding hydrogens is 384 g/mol. The number of fused-ring (bicyclic) bond motifs is 1. The summed E-state index contributed by atoms with van der Waals surface area (Å²) >= 11 is 0. The highest BCUT2D eigenvalue weighted by Gasteiger charge is 2.30. The molecule has 0 spiro atoms. The van der Waals surface area contributed by atoms with Gasteiger partial charge in [-0.2, -0.15) is 0 Å². The van der Waals surface area contributed by atoms with Crippen molar-refractivity contribution in [1.29, 1.82) is 0 Å². The Balaban J connectivity index is 1.57. The molecule has 1 aromatic heterocycles. The molecule has 1 aliphatic heterocycles. The summed E-state index contributed by atoms with van der Waals surface area (Å²) in [5.41, 5.74) is 1.09. The van der Waals surface area contributed by atoms with E-state index < -0.39 is 40.5 Å². The molecule has 0 bridgehead atoms. The second kappa shape index (κ2) is 7.46. The minimum absolute atomic E-state index is 0.288. The minimum atomic E-state index is -1.18. The quantitative estimate of drug-likeness (QED) is 0.446. The van der Waals surface area contributed by atoms with Crippen LogP contribution < -0.4 is 4.90 Å². The molecule has 4 rings (SSSR count). The lowest BCUT2D eigenvalue weighted by molar-refractivity contribution is 0.0891. The number of aromatic nitrogens is 1. The SMILES string of the molecule is Cc1cc(N2CCC(C(=O)c3c(F)cc(F)cc3F)CC2)c2cccc(F)c2n1. The van der Waals surface area contributed by atoms with Crippen molar-refractivity contribution in [3.8, 4) is 0 Å². The number of carbonyl (C=O) groups is 1. The molecule has 3 aromatic rings. The van der Waals surface area contributed by atoms with Crippen LogP contribution in [0.5, 0.6) is 0 Å². The Kier molecular flexibility index (Phi) is 4.98. The number of carbonyl (C=O) groups excluding carboxylic acids is 1. The molecule has 0 unspecified atom stereocenters. The summed E-state index contributed by atoms with van der Waals surface area (Å²) in [6, 6.07) is 7.67. The van der Waals surface area contributed by atoms with Gasteiger partial charge in [-0.3, -0.25) is 4.79 Å². The summed E-state index contributed by atoms with van der Waals surface area (Å²) in [5, 5.41) is 0.677. The summed E-state index contributed by atoms with van der Waals surface area (Å²) in [4.78, 5) is 18.9. The molecule has 2 heterocycles. The van der Waals surface area contributed by atoms with Crippen molar-refractivity contribution in [3.05, 3.63) is 70.9 Å². The summed E-state index contributed by atoms with van der Waals surface area (Å²) < 4.78 is 55.2. The average molecular weight is 402 g/mol. The zero-order valence-corrected chi connectivity index (χ0v) is 15.7. The van der Waals surface area contributed by atoms with Crippen LogP contribution in [0.1, 0.15) is 28.9 Å². The number of benzene rings is 2. The Labute approximate surface area is 165 Å². The number of hydrogen-bond donors (Lipinski definition) is 0. The van der Waals surface area contributed by atoms with Crippen molar-refractivity contribution in [2.45, 2.75) is 19.8 Å². The Morgan fingerprint density at radius 1 is 1.00 bits per heavy atom. The molecular formula is C22H18F4N2O. The maximum atomic E-state index is 14.1. The van der Waals surface area contributed by atoms with E-state index in [4.69, 9.17) is 0 Å². The van der Waals surface area contributed by atoms with Gasteiger partial charge in [0.15, 0.2) is 5.78 Å². The largest absolute Gasteiger partial charge is 0.371 e. The topological polar surface area (TPSA) is 33.2 Å². The van der Waals surface area contributed by atoms with E-state index in [1.807, 2.05) is 11.0 Å². The van der Waals surface area contributed by atoms with Crippen LogP contribution in [-0.4, -0.2) is 23.9 Å². The molecule has 0 aliphatic carbocycles. The molecule has 1 fully saturated rings. The second-order valence-electron chi connectivity index (χ2n) is 7.29. The fourth-order valence-corrected chi connectivity index (χ4v) is 3.95. The molecule has 0 atom stereocenters. The molecule has 1 aliphatic rings. The van der Waals surface area contributed by atoms with Gasteiger partial charge in [0.05, 0.1) is 5.56 Å². The van der Waals surface area contributed by atoms with Crippen LogP contribution in [0.3, 0.4) is 0 Å². The van der Waals surface area contributed by atoms with Crippen molar-refractivity contribution in [2.75, 3.05) is 18.0 Å². The van der Waals surface area contributed by atoms with Gasteiger partial charge < -0.3 is 4.90 Å². The lowest BCUT2D eigenvalue weighted by atomic mass is 9.88. The van der Waals surface area contributed by atoms with Crippen LogP contribution in [0.25, 0.3) is 10.9 Å². The van der Waals surface area contributed by atoms with Crippen molar-refractivity contribution in [2.24, 2.45) is 5.92 Å². The van der Waals surface area contributed by atoms with Crippen molar-refractivity contribution >= 4 is 22.4 Å². The van der Waals surface area contributed by atoms with Gasteiger partial charge >= 0.3 is 0 Å². The van der Waals surface area contributed by atoms with E-state index in [2.05, 4.69) is 4.98 Å². The van der Waals surface area contributed by atoms with Crippen molar-refractivity contribution in [1.82, 2.24) is 4.98 Å². The molecule has 150 valence electrons. The number of hydrogen-bond acceptors (Lipinski definition) is 3. The number of piperidine rings is 1. The van der Waals surface area contributed by atoms with Gasteiger partial charge in [-0.25, -0.2) is 22.5 Å². The molecule has 0 amide bonds. The smallest absolute Gasteiger partial charge is 0.171 e. The van der Waals surface area contributed by atoms with Crippen LogP contribution in [0.4, 0.5) is 23.2 Å². The molecule has 2 aromatic carbocycles. The monoisotopic (exact) mass is 402 g/mol. The van der Waals surface area contributed by atoms with E-state index in [-0.39, 0.29) is 5.52 Å². The molecule has 0 radical (unpaired) electrons. The number of pyridine rings is 1. The molecule has 0 N–H and O–H groups in total. The standard InChI is InChI=1S/C22H18F4N2O/c1-12-9-19(15-3-2-4-16(24)21(15)27-12)28-7-5-13(6-8-28)22(29)20-17(25)10-14(23)11-18(20)26/h2-4,9-11,13H,5-8H2,1H3. The first-order valence-electron chi connectivity index (χ1n) is 9.34. The van der Waals surface area contributed by atoms with Gasteiger partial charge in [-0.15, -0.1) is 0 Å². The normalized spacial score (nSPS) is 15.1. The van der Waals surface area contributed by atoms with Gasteiger partial charge in [0.2, 0.25) is 0 Å². The summed E-state index contributed by atoms with van der Waals surface area (Å²) in [7, 11) is 0. The van der Waals surface area contributed by atoms with Gasteiger partial charge in [0, 0.05) is 47.9 Å². The van der Waals surface area contributed by atoms with Crippen LogP contribution in [0.15, 0.2) is 36.4 Å². The molecule has 0 saturated carbocycles. The Morgan fingerprint density at radius 2 is 1.66 bits per heavy atom. The lowest BCUT2D eigenvalue weighted by Crippen LogP contribution is -2.37. The Morgan fingerprint density at radius 3 is 2.31 bits per heavy atom. The summed E-state index contributed by atoms with van der Waals surface area (Å²) in [5.74, 6) is -5.03. The Hall–Kier alpha value is -2.96. The van der Waals surface area contributed by atoms with Gasteiger partial charge in [-0.05, 0) is 31.9 Å². The second-order valence-corrected chi connectivity index (χ2v) is 7.29. The van der Waals surface area contributed by atoms with Gasteiger partial charge in [0.1, 0.15) is 28.8 Å². The maximum Gasteiger partial charge on any atom is 0.171 e. The van der Waals surface area contributed by atoms with E-state index >= 15 is 0 Å². The third kappa shape index (κ3) is 3.57. The van der Waals surface area contributed by atoms with E-state index in [9.17, 15) is 22.4 Å². The van der Waals surface area contributed by atoms with Crippen molar-refractivity contribution in [3.63, 3.8) is 0 Å². The van der Waals surface area contributed by atoms with Crippen LogP contribution in [-0.2, 0) is 0 Å². The third-order valence-corrected chi connectivity index (χ3v) is 5.36. The first-order valence-corrected chi connectivity index (χ1v) is 9.34. The third-order valence-electron chi connectivity index (χ3n) is 5.36. The van der Waals surface area contributed by atoms with E-state index in [1.54, 1.807) is 19.1 Å². The van der Waals surface area contributed by atoms with E-state index in [1.165, 1.54) is 6.07 Å². The molecule has 1 saturated heterocycles. The zero-order valence-electron chi connectivity index (χ0n) is 15.7. The average Bonchev–Trinajstić information content (AvgIpc) is 2.67. The van der Waals surface area contributed by atoms with E-state index in [0.29, 0.717) is 49.1 Å². The van der Waals surface area contributed by atoms with Crippen LogP contribution in [0.2, 0.25) is 0 Å². The molecule has 7 heteroatoms. The number of para-hydroxylation sites is 1. The van der Waals surface area contributed by atoms with Gasteiger partial charge in [0.25, 0.3) is 0 Å².